The first-order valence-electron chi connectivity index (χ1n) is 25.1. The van der Waals surface area contributed by atoms with E-state index in [1.165, 1.54) is 89.3 Å². The lowest BCUT2D eigenvalue weighted by Crippen LogP contribution is -2.21. The Morgan fingerprint density at radius 3 is 1.05 bits per heavy atom. The third-order valence-electron chi connectivity index (χ3n) is 13.8. The molecule has 7 rings (SSSR count). The molecule has 0 aliphatic rings. The van der Waals surface area contributed by atoms with Gasteiger partial charge in [-0.3, -0.25) is 0 Å². The Morgan fingerprint density at radius 1 is 0.348 bits per heavy atom. The van der Waals surface area contributed by atoms with Crippen LogP contribution in [0.4, 0.5) is 34.1 Å². The lowest BCUT2D eigenvalue weighted by Gasteiger charge is -2.32. The molecule has 3 nitrogen and oxygen atoms in total. The molecule has 0 saturated heterocycles. The largest absolute Gasteiger partial charge is 0.355 e. The molecule has 1 N–H and O–H groups in total. The molecule has 0 atom stereocenters. The molecule has 3 heteroatoms. The van der Waals surface area contributed by atoms with Gasteiger partial charge < -0.3 is 15.1 Å². The molecule has 0 fully saturated rings. The number of para-hydroxylation sites is 3. The molecular weight excluding hydrogens is 799 g/mol. The molecule has 0 spiro atoms. The summed E-state index contributed by atoms with van der Waals surface area (Å²) in [6, 6.07) is 53.3. The number of anilines is 6. The molecule has 0 heterocycles. The molecule has 0 bridgehead atoms. The van der Waals surface area contributed by atoms with Gasteiger partial charge >= 0.3 is 0 Å². The number of hydrogen-bond acceptors (Lipinski definition) is 3. The molecule has 0 radical (unpaired) electrons. The van der Waals surface area contributed by atoms with Gasteiger partial charge in [-0.15, -0.1) is 0 Å². The summed E-state index contributed by atoms with van der Waals surface area (Å²) >= 11 is 0. The first kappa shape index (κ1) is 48.1. The third-order valence-corrected chi connectivity index (χ3v) is 13.8. The highest BCUT2D eigenvalue weighted by Gasteiger charge is 2.26. The van der Waals surface area contributed by atoms with Crippen LogP contribution in [0.25, 0.3) is 10.8 Å². The van der Waals surface area contributed by atoms with E-state index < -0.39 is 0 Å². The van der Waals surface area contributed by atoms with Crippen molar-refractivity contribution in [2.75, 3.05) is 28.2 Å². The van der Waals surface area contributed by atoms with Crippen LogP contribution in [0.5, 0.6) is 0 Å². The van der Waals surface area contributed by atoms with Crippen molar-refractivity contribution >= 4 is 44.9 Å². The van der Waals surface area contributed by atoms with Crippen LogP contribution in [0.2, 0.25) is 0 Å². The Balaban J connectivity index is 1.39. The number of benzene rings is 7. The van der Waals surface area contributed by atoms with Crippen molar-refractivity contribution in [2.45, 2.75) is 138 Å². The highest BCUT2D eigenvalue weighted by Crippen LogP contribution is 2.45. The maximum absolute atomic E-state index is 4.01. The van der Waals surface area contributed by atoms with Gasteiger partial charge in [0.15, 0.2) is 0 Å². The van der Waals surface area contributed by atoms with Crippen molar-refractivity contribution in [3.05, 3.63) is 190 Å². The second-order valence-electron chi connectivity index (χ2n) is 20.3. The molecular formula is C63H77N3. The fourth-order valence-electron chi connectivity index (χ4n) is 10.3. The van der Waals surface area contributed by atoms with Crippen LogP contribution in [-0.4, -0.2) is 13.1 Å². The first-order valence-corrected chi connectivity index (χ1v) is 25.1. The van der Waals surface area contributed by atoms with Crippen molar-refractivity contribution in [1.29, 1.82) is 0 Å². The number of fused-ring (bicyclic) bond motifs is 1. The summed E-state index contributed by atoms with van der Waals surface area (Å²) < 4.78 is 0. The molecule has 66 heavy (non-hydrogen) atoms. The van der Waals surface area contributed by atoms with Crippen LogP contribution in [0.1, 0.15) is 188 Å². The fourth-order valence-corrected chi connectivity index (χ4v) is 10.3. The van der Waals surface area contributed by atoms with E-state index in [9.17, 15) is 0 Å². The minimum absolute atomic E-state index is 0.00488. The van der Waals surface area contributed by atoms with Gasteiger partial charge in [0.05, 0.1) is 0 Å². The normalized spacial score (nSPS) is 12.0. The third kappa shape index (κ3) is 9.69. The van der Waals surface area contributed by atoms with E-state index in [4.69, 9.17) is 0 Å². The topological polar surface area (TPSA) is 18.5 Å². The molecule has 344 valence electrons. The van der Waals surface area contributed by atoms with Crippen molar-refractivity contribution < 1.29 is 0 Å². The van der Waals surface area contributed by atoms with E-state index in [1.54, 1.807) is 0 Å². The molecule has 0 aliphatic carbocycles. The van der Waals surface area contributed by atoms with Crippen LogP contribution < -0.4 is 15.1 Å². The monoisotopic (exact) mass is 876 g/mol. The highest BCUT2D eigenvalue weighted by molar-refractivity contribution is 5.99. The van der Waals surface area contributed by atoms with Crippen LogP contribution in [0, 0.1) is 0 Å². The van der Waals surface area contributed by atoms with E-state index in [2.05, 4.69) is 252 Å². The summed E-state index contributed by atoms with van der Waals surface area (Å²) in [4.78, 5) is 5.07. The van der Waals surface area contributed by atoms with E-state index in [-0.39, 0.29) is 5.92 Å². The van der Waals surface area contributed by atoms with Gasteiger partial charge in [-0.2, -0.15) is 0 Å². The van der Waals surface area contributed by atoms with Crippen molar-refractivity contribution in [2.24, 2.45) is 0 Å². The number of rotatable bonds is 17. The fraction of sp³-hybridized carbons (Fsp3) is 0.365. The summed E-state index contributed by atoms with van der Waals surface area (Å²) in [5, 5.41) is 6.51. The molecule has 7 aromatic rings. The van der Waals surface area contributed by atoms with Gasteiger partial charge in [0, 0.05) is 58.5 Å². The predicted molar refractivity (Wildman–Crippen MR) is 290 cm³/mol. The van der Waals surface area contributed by atoms with Gasteiger partial charge in [0.25, 0.3) is 0 Å². The Hall–Kier alpha value is -5.80. The first-order chi connectivity index (χ1) is 31.7. The molecule has 0 aliphatic heterocycles. The Bertz CT molecular complexity index is 2520. The second-order valence-corrected chi connectivity index (χ2v) is 20.3. The summed E-state index contributed by atoms with van der Waals surface area (Å²) in [5.41, 5.74) is 19.7. The second kappa shape index (κ2) is 20.8. The standard InChI is InChI=1S/C63H77N3/c1-15-65(62-52(42(7)8)26-20-27-53(62)43(9)10)48-34-30-46(31-35-48)60(47-32-36-49(37-33-47)66(16-2)63-54(44(11)12)28-21-29-55(63)45(13)14)58-38-39-59(57-23-18-17-22-56(57)58)64-61-50(40(3)4)24-19-25-51(61)41(5)6/h17-45,60,64H,15-16H2,1-14H3. The SMILES string of the molecule is CCN(c1ccc(C(c2ccc(N(CC)c3c(C(C)C)cccc3C(C)C)cc2)c2ccc(Nc3c(C(C)C)cccc3C(C)C)c3ccccc23)cc1)c1c(C(C)C)cccc1C(C)C. The van der Waals surface area contributed by atoms with Crippen molar-refractivity contribution in [3.63, 3.8) is 0 Å². The van der Waals surface area contributed by atoms with Crippen LogP contribution in [0.15, 0.2) is 140 Å². The smallest absolute Gasteiger partial charge is 0.0480 e. The van der Waals surface area contributed by atoms with Crippen molar-refractivity contribution in [1.82, 2.24) is 0 Å². The molecule has 0 saturated carbocycles. The Labute approximate surface area is 399 Å². The average molecular weight is 876 g/mol. The minimum atomic E-state index is -0.00488. The number of nitrogens with one attached hydrogen (secondary N) is 1. The molecule has 0 amide bonds. The zero-order valence-corrected chi connectivity index (χ0v) is 42.6. The average Bonchev–Trinajstić information content (AvgIpc) is 3.30. The van der Waals surface area contributed by atoms with E-state index in [0.717, 1.165) is 18.8 Å². The lowest BCUT2D eigenvalue weighted by atomic mass is 9.82. The minimum Gasteiger partial charge on any atom is -0.355 e. The highest BCUT2D eigenvalue weighted by atomic mass is 15.1. The van der Waals surface area contributed by atoms with Gasteiger partial charge in [0.1, 0.15) is 0 Å². The van der Waals surface area contributed by atoms with Crippen LogP contribution in [0.3, 0.4) is 0 Å². The van der Waals surface area contributed by atoms with E-state index in [0.29, 0.717) is 35.5 Å². The maximum Gasteiger partial charge on any atom is 0.0480 e. The van der Waals surface area contributed by atoms with Crippen LogP contribution in [-0.2, 0) is 0 Å². The molecule has 0 aromatic heterocycles. The lowest BCUT2D eigenvalue weighted by molar-refractivity contribution is 0.818. The zero-order chi connectivity index (χ0) is 47.4. The van der Waals surface area contributed by atoms with Gasteiger partial charge in [-0.05, 0) is 135 Å². The summed E-state index contributed by atoms with van der Waals surface area (Å²) in [6.07, 6.45) is 0. The Kier molecular flexibility index (Phi) is 15.2. The molecule has 7 aromatic carbocycles. The summed E-state index contributed by atoms with van der Waals surface area (Å²) in [5.74, 6) is 2.45. The zero-order valence-electron chi connectivity index (χ0n) is 42.6. The summed E-state index contributed by atoms with van der Waals surface area (Å²) in [7, 11) is 0. The molecule has 0 unspecified atom stereocenters. The van der Waals surface area contributed by atoms with Gasteiger partial charge in [0.2, 0.25) is 0 Å². The quantitative estimate of drug-likeness (QED) is 0.0920. The van der Waals surface area contributed by atoms with Crippen LogP contribution >= 0.6 is 0 Å². The van der Waals surface area contributed by atoms with Gasteiger partial charge in [-0.1, -0.05) is 192 Å². The predicted octanol–water partition coefficient (Wildman–Crippen LogP) is 18.8. The summed E-state index contributed by atoms with van der Waals surface area (Å²) in [6.45, 7) is 34.1. The Morgan fingerprint density at radius 2 is 0.697 bits per heavy atom. The van der Waals surface area contributed by atoms with Crippen molar-refractivity contribution in [3.8, 4) is 0 Å². The van der Waals surface area contributed by atoms with Gasteiger partial charge in [-0.25, -0.2) is 0 Å². The van der Waals surface area contributed by atoms with E-state index in [1.807, 2.05) is 0 Å². The number of hydrogen-bond donors (Lipinski definition) is 1. The number of nitrogens with zero attached hydrogens (tertiary/aromatic N) is 2. The van der Waals surface area contributed by atoms with E-state index >= 15 is 0 Å². The maximum atomic E-state index is 4.01.